The highest BCUT2D eigenvalue weighted by Gasteiger charge is 2.27. The standard InChI is InChI=1S/C30H27N7O3/c1-18-5-2-3-8-25(18)40-23-7-4-6-22(15-23)36-30(39)35-21-11-9-19(10-12-21)26-24(29(38)34-20-13-14-20)16-37-27(26)28(31)32-17-33-37/h2-12,15-17,20H,13-14H2,1H3,(H,34,38)(H2,31,32,33)(H2,35,36,39). The van der Waals surface area contributed by atoms with Gasteiger partial charge in [-0.1, -0.05) is 36.4 Å². The molecule has 5 N–H and O–H groups in total. The van der Waals surface area contributed by atoms with E-state index in [1.807, 2.05) is 55.5 Å². The number of amides is 3. The molecule has 10 heteroatoms. The van der Waals surface area contributed by atoms with E-state index >= 15 is 0 Å². The zero-order valence-electron chi connectivity index (χ0n) is 21.7. The number of ether oxygens (including phenoxy) is 1. The molecule has 0 aliphatic heterocycles. The Bertz CT molecular complexity index is 1730. The number of nitrogen functional groups attached to an aromatic ring is 1. The minimum atomic E-state index is -0.405. The van der Waals surface area contributed by atoms with E-state index in [1.165, 1.54) is 6.33 Å². The number of fused-ring (bicyclic) bond motifs is 1. The predicted octanol–water partition coefficient (Wildman–Crippen LogP) is 5.62. The summed E-state index contributed by atoms with van der Waals surface area (Å²) in [6.07, 6.45) is 4.97. The average molecular weight is 534 g/mol. The van der Waals surface area contributed by atoms with Crippen molar-refractivity contribution in [1.82, 2.24) is 19.9 Å². The zero-order chi connectivity index (χ0) is 27.6. The Hall–Kier alpha value is -5.38. The summed E-state index contributed by atoms with van der Waals surface area (Å²) in [6.45, 7) is 1.97. The molecule has 3 amide bonds. The number of hydrogen-bond donors (Lipinski definition) is 4. The lowest BCUT2D eigenvalue weighted by molar-refractivity contribution is 0.0951. The number of urea groups is 1. The van der Waals surface area contributed by atoms with E-state index in [1.54, 1.807) is 35.0 Å². The molecule has 6 rings (SSSR count). The maximum Gasteiger partial charge on any atom is 0.323 e. The van der Waals surface area contributed by atoms with E-state index < -0.39 is 6.03 Å². The minimum absolute atomic E-state index is 0.183. The van der Waals surface area contributed by atoms with Crippen LogP contribution < -0.4 is 26.4 Å². The Morgan fingerprint density at radius 2 is 1.75 bits per heavy atom. The van der Waals surface area contributed by atoms with E-state index in [-0.39, 0.29) is 17.8 Å². The summed E-state index contributed by atoms with van der Waals surface area (Å²) in [5, 5.41) is 12.9. The van der Waals surface area contributed by atoms with Crippen molar-refractivity contribution >= 4 is 34.6 Å². The number of aryl methyl sites for hydroxylation is 1. The lowest BCUT2D eigenvalue weighted by Crippen LogP contribution is -2.25. The van der Waals surface area contributed by atoms with Crippen molar-refractivity contribution in [2.24, 2.45) is 0 Å². The van der Waals surface area contributed by atoms with Crippen molar-refractivity contribution in [1.29, 1.82) is 0 Å². The molecule has 40 heavy (non-hydrogen) atoms. The third kappa shape index (κ3) is 5.28. The highest BCUT2D eigenvalue weighted by atomic mass is 16.5. The Balaban J connectivity index is 1.18. The minimum Gasteiger partial charge on any atom is -0.457 e. The normalized spacial score (nSPS) is 12.6. The van der Waals surface area contributed by atoms with E-state index in [9.17, 15) is 9.59 Å². The number of nitrogens with one attached hydrogen (secondary N) is 3. The first kappa shape index (κ1) is 24.9. The molecule has 5 aromatic rings. The molecule has 1 saturated carbocycles. The van der Waals surface area contributed by atoms with Crippen LogP contribution in [0.1, 0.15) is 28.8 Å². The summed E-state index contributed by atoms with van der Waals surface area (Å²) in [6, 6.07) is 21.9. The highest BCUT2D eigenvalue weighted by molar-refractivity contribution is 6.07. The van der Waals surface area contributed by atoms with Gasteiger partial charge in [0.1, 0.15) is 23.3 Å². The highest BCUT2D eigenvalue weighted by Crippen LogP contribution is 2.34. The number of para-hydroxylation sites is 1. The fourth-order valence-corrected chi connectivity index (χ4v) is 4.44. The summed E-state index contributed by atoms with van der Waals surface area (Å²) < 4.78 is 7.53. The van der Waals surface area contributed by atoms with Crippen LogP contribution in [0.25, 0.3) is 16.6 Å². The number of benzene rings is 3. The topological polar surface area (TPSA) is 136 Å². The fourth-order valence-electron chi connectivity index (χ4n) is 4.44. The molecule has 0 bridgehead atoms. The predicted molar refractivity (Wildman–Crippen MR) is 154 cm³/mol. The number of carbonyl (C=O) groups is 2. The van der Waals surface area contributed by atoms with Crippen molar-refractivity contribution in [2.75, 3.05) is 16.4 Å². The molecule has 0 radical (unpaired) electrons. The van der Waals surface area contributed by atoms with Crippen LogP contribution in [0, 0.1) is 6.92 Å². The molecule has 10 nitrogen and oxygen atoms in total. The fraction of sp³-hybridized carbons (Fsp3) is 0.133. The smallest absolute Gasteiger partial charge is 0.323 e. The second kappa shape index (κ2) is 10.4. The SMILES string of the molecule is Cc1ccccc1Oc1cccc(NC(=O)Nc2ccc(-c3c(C(=O)NC4CC4)cn4ncnc(N)c34)cc2)c1. The van der Waals surface area contributed by atoms with Crippen molar-refractivity contribution in [3.05, 3.63) is 96.4 Å². The summed E-state index contributed by atoms with van der Waals surface area (Å²) in [7, 11) is 0. The van der Waals surface area contributed by atoms with Crippen LogP contribution >= 0.6 is 0 Å². The average Bonchev–Trinajstić information content (AvgIpc) is 3.66. The molecule has 2 aromatic heterocycles. The molecule has 1 aliphatic rings. The molecular formula is C30H27N7O3. The van der Waals surface area contributed by atoms with Gasteiger partial charge in [-0.05, 0) is 61.2 Å². The quantitative estimate of drug-likeness (QED) is 0.215. The van der Waals surface area contributed by atoms with Gasteiger partial charge in [0.25, 0.3) is 5.91 Å². The van der Waals surface area contributed by atoms with Gasteiger partial charge in [-0.3, -0.25) is 4.79 Å². The number of aromatic nitrogens is 3. The molecular weight excluding hydrogens is 506 g/mol. The molecule has 0 saturated heterocycles. The first-order chi connectivity index (χ1) is 19.4. The van der Waals surface area contributed by atoms with Gasteiger partial charge in [-0.15, -0.1) is 0 Å². The van der Waals surface area contributed by atoms with E-state index in [4.69, 9.17) is 10.5 Å². The van der Waals surface area contributed by atoms with Crippen LogP contribution in [-0.4, -0.2) is 32.6 Å². The molecule has 1 aliphatic carbocycles. The number of nitrogens with two attached hydrogens (primary N) is 1. The van der Waals surface area contributed by atoms with Crippen LogP contribution in [0.5, 0.6) is 11.5 Å². The lowest BCUT2D eigenvalue weighted by Gasteiger charge is -2.12. The van der Waals surface area contributed by atoms with Crippen molar-refractivity contribution in [3.8, 4) is 22.6 Å². The number of rotatable bonds is 7. The molecule has 2 heterocycles. The largest absolute Gasteiger partial charge is 0.457 e. The summed E-state index contributed by atoms with van der Waals surface area (Å²) in [4.78, 5) is 29.9. The van der Waals surface area contributed by atoms with Gasteiger partial charge in [0.05, 0.1) is 5.56 Å². The second-order valence-electron chi connectivity index (χ2n) is 9.66. The van der Waals surface area contributed by atoms with Crippen molar-refractivity contribution < 1.29 is 14.3 Å². The van der Waals surface area contributed by atoms with Crippen LogP contribution in [0.4, 0.5) is 22.0 Å². The van der Waals surface area contributed by atoms with Gasteiger partial charge in [-0.2, -0.15) is 5.10 Å². The molecule has 3 aromatic carbocycles. The van der Waals surface area contributed by atoms with Crippen molar-refractivity contribution in [2.45, 2.75) is 25.8 Å². The van der Waals surface area contributed by atoms with Gasteiger partial charge in [0, 0.05) is 35.2 Å². The van der Waals surface area contributed by atoms with Crippen LogP contribution in [0.3, 0.4) is 0 Å². The molecule has 0 atom stereocenters. The summed E-state index contributed by atoms with van der Waals surface area (Å²) in [5.74, 6) is 1.45. The summed E-state index contributed by atoms with van der Waals surface area (Å²) in [5.41, 5.74) is 10.7. The van der Waals surface area contributed by atoms with Crippen LogP contribution in [0.15, 0.2) is 85.3 Å². The van der Waals surface area contributed by atoms with E-state index in [2.05, 4.69) is 26.0 Å². The first-order valence-corrected chi connectivity index (χ1v) is 12.9. The monoisotopic (exact) mass is 533 g/mol. The Kier molecular flexibility index (Phi) is 6.49. The van der Waals surface area contributed by atoms with Crippen molar-refractivity contribution in [3.63, 3.8) is 0 Å². The Labute approximate surface area is 230 Å². The van der Waals surface area contributed by atoms with Crippen LogP contribution in [0.2, 0.25) is 0 Å². The second-order valence-corrected chi connectivity index (χ2v) is 9.66. The number of carbonyl (C=O) groups excluding carboxylic acids is 2. The van der Waals surface area contributed by atoms with E-state index in [0.29, 0.717) is 33.8 Å². The Morgan fingerprint density at radius 1 is 0.975 bits per heavy atom. The van der Waals surface area contributed by atoms with Gasteiger partial charge >= 0.3 is 6.03 Å². The lowest BCUT2D eigenvalue weighted by atomic mass is 10.0. The van der Waals surface area contributed by atoms with Crippen LogP contribution in [-0.2, 0) is 0 Å². The molecule has 200 valence electrons. The summed E-state index contributed by atoms with van der Waals surface area (Å²) >= 11 is 0. The number of nitrogens with zero attached hydrogens (tertiary/aromatic N) is 3. The van der Waals surface area contributed by atoms with Gasteiger partial charge < -0.3 is 26.4 Å². The molecule has 0 unspecified atom stereocenters. The van der Waals surface area contributed by atoms with Gasteiger partial charge in [-0.25, -0.2) is 14.3 Å². The third-order valence-corrected chi connectivity index (χ3v) is 6.60. The maximum absolute atomic E-state index is 13.0. The zero-order valence-corrected chi connectivity index (χ0v) is 21.7. The third-order valence-electron chi connectivity index (χ3n) is 6.60. The van der Waals surface area contributed by atoms with E-state index in [0.717, 1.165) is 29.7 Å². The molecule has 0 spiro atoms. The number of anilines is 3. The Morgan fingerprint density at radius 3 is 2.52 bits per heavy atom. The molecule has 1 fully saturated rings. The van der Waals surface area contributed by atoms with Gasteiger partial charge in [0.15, 0.2) is 5.82 Å². The van der Waals surface area contributed by atoms with Gasteiger partial charge in [0.2, 0.25) is 0 Å². The first-order valence-electron chi connectivity index (χ1n) is 12.9. The maximum atomic E-state index is 13.0. The number of hydrogen-bond acceptors (Lipinski definition) is 6.